The van der Waals surface area contributed by atoms with Gasteiger partial charge in [0.1, 0.15) is 0 Å². The third-order valence-electron chi connectivity index (χ3n) is 3.73. The number of rotatable bonds is 3. The molecule has 4 heteroatoms. The minimum atomic E-state index is 0.344. The number of pyridine rings is 1. The smallest absolute Gasteiger partial charge is 0.0809 e. The molecule has 1 aliphatic heterocycles. The molecule has 3 nitrogen and oxygen atoms in total. The summed E-state index contributed by atoms with van der Waals surface area (Å²) in [4.78, 5) is 6.94. The highest BCUT2D eigenvalue weighted by atomic mass is 32.1. The predicted molar refractivity (Wildman–Crippen MR) is 74.7 cm³/mol. The Kier molecular flexibility index (Phi) is 3.59. The minimum absolute atomic E-state index is 0.344. The molecule has 96 valence electrons. The lowest BCUT2D eigenvalue weighted by Crippen LogP contribution is -2.34. The molecule has 0 atom stereocenters. The fraction of sp³-hybridized carbons (Fsp3) is 0.500. The van der Waals surface area contributed by atoms with Crippen molar-refractivity contribution < 1.29 is 5.11 Å². The molecule has 3 rings (SSSR count). The minimum Gasteiger partial charge on any atom is -0.396 e. The van der Waals surface area contributed by atoms with E-state index in [0.29, 0.717) is 12.5 Å². The van der Waals surface area contributed by atoms with Crippen molar-refractivity contribution >= 4 is 21.6 Å². The highest BCUT2D eigenvalue weighted by Gasteiger charge is 2.18. The van der Waals surface area contributed by atoms with E-state index in [4.69, 9.17) is 5.11 Å². The second-order valence-electron chi connectivity index (χ2n) is 5.05. The van der Waals surface area contributed by atoms with Crippen LogP contribution in [0.3, 0.4) is 0 Å². The summed E-state index contributed by atoms with van der Waals surface area (Å²) in [5.74, 6) is 0.513. The lowest BCUT2D eigenvalue weighted by Gasteiger charge is -2.30. The maximum atomic E-state index is 9.13. The van der Waals surface area contributed by atoms with Gasteiger partial charge in [0.25, 0.3) is 0 Å². The molecule has 0 unspecified atom stereocenters. The normalized spacial score (nSPS) is 18.5. The van der Waals surface area contributed by atoms with Gasteiger partial charge in [-0.2, -0.15) is 0 Å². The first-order valence-corrected chi connectivity index (χ1v) is 7.38. The summed E-state index contributed by atoms with van der Waals surface area (Å²) < 4.78 is 1.28. The summed E-state index contributed by atoms with van der Waals surface area (Å²) in [6.45, 7) is 3.51. The number of piperidine rings is 1. The Hall–Kier alpha value is -0.970. The van der Waals surface area contributed by atoms with Crippen molar-refractivity contribution in [3.05, 3.63) is 29.3 Å². The summed E-state index contributed by atoms with van der Waals surface area (Å²) >= 11 is 1.75. The first-order valence-electron chi connectivity index (χ1n) is 6.50. The molecule has 18 heavy (non-hydrogen) atoms. The fourth-order valence-corrected chi connectivity index (χ4v) is 3.36. The quantitative estimate of drug-likeness (QED) is 0.923. The van der Waals surface area contributed by atoms with Crippen molar-refractivity contribution in [3.8, 4) is 0 Å². The Balaban J connectivity index is 1.65. The van der Waals surface area contributed by atoms with E-state index in [9.17, 15) is 0 Å². The van der Waals surface area contributed by atoms with Gasteiger partial charge in [-0.3, -0.25) is 9.88 Å². The van der Waals surface area contributed by atoms with E-state index >= 15 is 0 Å². The van der Waals surface area contributed by atoms with Crippen molar-refractivity contribution in [1.82, 2.24) is 9.88 Å². The SMILES string of the molecule is OCC1CCN(Cc2cnc3ccsc3c2)CC1. The molecule has 0 bridgehead atoms. The largest absolute Gasteiger partial charge is 0.396 e. The number of thiophene rings is 1. The van der Waals surface area contributed by atoms with Crippen molar-refractivity contribution in [2.75, 3.05) is 19.7 Å². The average molecular weight is 262 g/mol. The summed E-state index contributed by atoms with van der Waals surface area (Å²) in [7, 11) is 0. The Bertz CT molecular complexity index is 517. The van der Waals surface area contributed by atoms with Crippen LogP contribution in [0.4, 0.5) is 0 Å². The lowest BCUT2D eigenvalue weighted by molar-refractivity contribution is 0.127. The van der Waals surface area contributed by atoms with Crippen LogP contribution in [-0.2, 0) is 6.54 Å². The van der Waals surface area contributed by atoms with Gasteiger partial charge in [-0.25, -0.2) is 0 Å². The standard InChI is InChI=1S/C14H18N2OS/c17-10-11-1-4-16(5-2-11)9-12-7-14-13(15-8-12)3-6-18-14/h3,6-8,11,17H,1-2,4-5,9-10H2. The number of hydrogen-bond donors (Lipinski definition) is 1. The molecule has 0 radical (unpaired) electrons. The number of nitrogens with zero attached hydrogens (tertiary/aromatic N) is 2. The monoisotopic (exact) mass is 262 g/mol. The molecule has 2 aromatic heterocycles. The van der Waals surface area contributed by atoms with Gasteiger partial charge in [-0.05, 0) is 54.9 Å². The van der Waals surface area contributed by atoms with E-state index in [0.717, 1.165) is 38.0 Å². The molecule has 1 N–H and O–H groups in total. The van der Waals surface area contributed by atoms with Gasteiger partial charge in [0, 0.05) is 19.3 Å². The van der Waals surface area contributed by atoms with E-state index in [1.165, 1.54) is 10.3 Å². The number of aromatic nitrogens is 1. The van der Waals surface area contributed by atoms with Crippen LogP contribution >= 0.6 is 11.3 Å². The molecule has 0 spiro atoms. The Morgan fingerprint density at radius 2 is 2.22 bits per heavy atom. The van der Waals surface area contributed by atoms with Crippen molar-refractivity contribution in [1.29, 1.82) is 0 Å². The van der Waals surface area contributed by atoms with Gasteiger partial charge >= 0.3 is 0 Å². The first-order chi connectivity index (χ1) is 8.85. The zero-order chi connectivity index (χ0) is 12.4. The van der Waals surface area contributed by atoms with Gasteiger partial charge in [0.2, 0.25) is 0 Å². The molecule has 1 saturated heterocycles. The van der Waals surface area contributed by atoms with Crippen molar-refractivity contribution in [3.63, 3.8) is 0 Å². The van der Waals surface area contributed by atoms with Crippen LogP contribution in [0.1, 0.15) is 18.4 Å². The highest BCUT2D eigenvalue weighted by Crippen LogP contribution is 2.22. The Morgan fingerprint density at radius 1 is 1.39 bits per heavy atom. The van der Waals surface area contributed by atoms with Crippen LogP contribution in [0.25, 0.3) is 10.2 Å². The number of hydrogen-bond acceptors (Lipinski definition) is 4. The van der Waals surface area contributed by atoms with Gasteiger partial charge in [0.15, 0.2) is 0 Å². The van der Waals surface area contributed by atoms with Gasteiger partial charge in [-0.1, -0.05) is 0 Å². The van der Waals surface area contributed by atoms with Crippen LogP contribution < -0.4 is 0 Å². The second kappa shape index (κ2) is 5.34. The molecule has 0 aliphatic carbocycles. The molecule has 2 aromatic rings. The molecule has 1 aliphatic rings. The van der Waals surface area contributed by atoms with Gasteiger partial charge < -0.3 is 5.11 Å². The molecule has 0 aromatic carbocycles. The van der Waals surface area contributed by atoms with Gasteiger partial charge in [-0.15, -0.1) is 11.3 Å². The van der Waals surface area contributed by atoms with E-state index in [-0.39, 0.29) is 0 Å². The molecule has 0 amide bonds. The van der Waals surface area contributed by atoms with Crippen LogP contribution in [0.15, 0.2) is 23.7 Å². The van der Waals surface area contributed by atoms with Crippen LogP contribution in [0, 0.1) is 5.92 Å². The third kappa shape index (κ3) is 2.55. The highest BCUT2D eigenvalue weighted by molar-refractivity contribution is 7.17. The van der Waals surface area contributed by atoms with E-state index in [1.54, 1.807) is 11.3 Å². The lowest BCUT2D eigenvalue weighted by atomic mass is 9.98. The van der Waals surface area contributed by atoms with Crippen LogP contribution in [-0.4, -0.2) is 34.7 Å². The maximum Gasteiger partial charge on any atom is 0.0809 e. The van der Waals surface area contributed by atoms with Crippen molar-refractivity contribution in [2.45, 2.75) is 19.4 Å². The van der Waals surface area contributed by atoms with Crippen LogP contribution in [0.5, 0.6) is 0 Å². The van der Waals surface area contributed by atoms with Crippen molar-refractivity contribution in [2.24, 2.45) is 5.92 Å². The first kappa shape index (κ1) is 12.1. The maximum absolute atomic E-state index is 9.13. The Labute approximate surface area is 111 Å². The Morgan fingerprint density at radius 3 is 3.00 bits per heavy atom. The molecule has 0 saturated carbocycles. The number of fused-ring (bicyclic) bond motifs is 1. The second-order valence-corrected chi connectivity index (χ2v) is 6.00. The number of likely N-dealkylation sites (tertiary alicyclic amines) is 1. The van der Waals surface area contributed by atoms with E-state index < -0.39 is 0 Å². The zero-order valence-corrected chi connectivity index (χ0v) is 11.2. The van der Waals surface area contributed by atoms with Gasteiger partial charge in [0.05, 0.1) is 10.2 Å². The summed E-state index contributed by atoms with van der Waals surface area (Å²) in [5.41, 5.74) is 2.40. The fourth-order valence-electron chi connectivity index (χ4n) is 2.56. The topological polar surface area (TPSA) is 36.4 Å². The van der Waals surface area contributed by atoms with Crippen LogP contribution in [0.2, 0.25) is 0 Å². The predicted octanol–water partition coefficient (Wildman–Crippen LogP) is 2.50. The third-order valence-corrected chi connectivity index (χ3v) is 4.58. The average Bonchev–Trinajstić information content (AvgIpc) is 2.87. The number of aliphatic hydroxyl groups is 1. The van der Waals surface area contributed by atoms with E-state index in [2.05, 4.69) is 27.4 Å². The molecular weight excluding hydrogens is 244 g/mol. The summed E-state index contributed by atoms with van der Waals surface area (Å²) in [5, 5.41) is 11.2. The summed E-state index contributed by atoms with van der Waals surface area (Å²) in [6.07, 6.45) is 4.23. The molecule has 1 fully saturated rings. The zero-order valence-electron chi connectivity index (χ0n) is 10.4. The number of aliphatic hydroxyl groups excluding tert-OH is 1. The molecule has 3 heterocycles. The van der Waals surface area contributed by atoms with E-state index in [1.807, 2.05) is 6.20 Å². The summed E-state index contributed by atoms with van der Waals surface area (Å²) in [6, 6.07) is 4.32. The molecular formula is C14H18N2OS.